The van der Waals surface area contributed by atoms with E-state index in [1.54, 1.807) is 24.7 Å². The normalized spacial score (nSPS) is 11.5. The number of benzene rings is 1. The van der Waals surface area contributed by atoms with Crippen LogP contribution in [0.15, 0.2) is 35.4 Å². The molecule has 3 rings (SSSR count). The lowest BCUT2D eigenvalue weighted by Gasteiger charge is -2.10. The van der Waals surface area contributed by atoms with E-state index in [0.29, 0.717) is 16.7 Å². The molecule has 2 aromatic heterocycles. The molecule has 0 saturated carbocycles. The summed E-state index contributed by atoms with van der Waals surface area (Å²) < 4.78 is 47.5. The summed E-state index contributed by atoms with van der Waals surface area (Å²) in [5.41, 5.74) is 1.33. The smallest absolute Gasteiger partial charge is 0.337 e. The molecule has 1 N–H and O–H groups in total. The van der Waals surface area contributed by atoms with E-state index in [9.17, 15) is 17.6 Å². The Morgan fingerprint density at radius 1 is 1.31 bits per heavy atom. The number of esters is 1. The third kappa shape index (κ3) is 3.10. The summed E-state index contributed by atoms with van der Waals surface area (Å²) in [5.74, 6) is -1.76. The summed E-state index contributed by atoms with van der Waals surface area (Å²) in [5, 5.41) is 4.87. The maximum Gasteiger partial charge on any atom is 0.337 e. The van der Waals surface area contributed by atoms with Crippen molar-refractivity contribution < 1.29 is 22.3 Å². The number of hydrogen-bond donors (Lipinski definition) is 1. The Morgan fingerprint density at radius 3 is 2.73 bits per heavy atom. The first-order chi connectivity index (χ1) is 12.2. The fourth-order valence-electron chi connectivity index (χ4n) is 2.53. The van der Waals surface area contributed by atoms with Gasteiger partial charge in [0.2, 0.25) is 0 Å². The average molecular weight is 378 g/mol. The van der Waals surface area contributed by atoms with Crippen molar-refractivity contribution in [1.29, 1.82) is 0 Å². The molecule has 0 radical (unpaired) electrons. The van der Waals surface area contributed by atoms with Crippen LogP contribution < -0.4 is 4.72 Å². The molecule has 1 aromatic carbocycles. The standard InChI is InChI=1S/C16H15FN4O4S/c1-9-12-7-11(8-18-15(12)21(2)19-9)20-26(23,24)14-6-10(16(22)25-3)4-5-13(14)17/h4-8,20H,1-3H3. The number of rotatable bonds is 4. The van der Waals surface area contributed by atoms with Crippen LogP contribution in [0.25, 0.3) is 11.0 Å². The number of aryl methyl sites for hydroxylation is 2. The highest BCUT2D eigenvalue weighted by Crippen LogP contribution is 2.23. The Kier molecular flexibility index (Phi) is 4.36. The zero-order chi connectivity index (χ0) is 19.1. The summed E-state index contributed by atoms with van der Waals surface area (Å²) in [7, 11) is -1.41. The zero-order valence-corrected chi connectivity index (χ0v) is 15.0. The van der Waals surface area contributed by atoms with E-state index in [4.69, 9.17) is 0 Å². The highest BCUT2D eigenvalue weighted by atomic mass is 32.2. The summed E-state index contributed by atoms with van der Waals surface area (Å²) in [6.07, 6.45) is 1.31. The van der Waals surface area contributed by atoms with Crippen molar-refractivity contribution >= 4 is 32.7 Å². The molecule has 3 aromatic rings. The molecule has 0 saturated heterocycles. The van der Waals surface area contributed by atoms with Gasteiger partial charge in [-0.3, -0.25) is 9.40 Å². The minimum atomic E-state index is -4.28. The molecule has 8 nitrogen and oxygen atoms in total. The van der Waals surface area contributed by atoms with Gasteiger partial charge in [-0.2, -0.15) is 5.10 Å². The predicted molar refractivity (Wildman–Crippen MR) is 91.8 cm³/mol. The molecule has 0 aliphatic heterocycles. The topological polar surface area (TPSA) is 103 Å². The second-order valence-electron chi connectivity index (χ2n) is 5.55. The lowest BCUT2D eigenvalue weighted by Crippen LogP contribution is -2.16. The Hall–Kier alpha value is -3.01. The van der Waals surface area contributed by atoms with Gasteiger partial charge in [0, 0.05) is 12.4 Å². The monoisotopic (exact) mass is 378 g/mol. The molecule has 0 aliphatic carbocycles. The number of methoxy groups -OCH3 is 1. The first-order valence-electron chi connectivity index (χ1n) is 7.43. The van der Waals surface area contributed by atoms with Gasteiger partial charge in [-0.15, -0.1) is 0 Å². The van der Waals surface area contributed by atoms with Gasteiger partial charge in [-0.05, 0) is 31.2 Å². The zero-order valence-electron chi connectivity index (χ0n) is 14.1. The molecule has 0 spiro atoms. The summed E-state index contributed by atoms with van der Waals surface area (Å²) in [6, 6.07) is 4.52. The second-order valence-corrected chi connectivity index (χ2v) is 7.20. The number of fused-ring (bicyclic) bond motifs is 1. The number of sulfonamides is 1. The summed E-state index contributed by atoms with van der Waals surface area (Å²) in [4.78, 5) is 15.1. The van der Waals surface area contributed by atoms with E-state index >= 15 is 0 Å². The minimum Gasteiger partial charge on any atom is -0.465 e. The van der Waals surface area contributed by atoms with Gasteiger partial charge in [-0.25, -0.2) is 22.6 Å². The predicted octanol–water partition coefficient (Wildman–Crippen LogP) is 2.00. The Morgan fingerprint density at radius 2 is 2.04 bits per heavy atom. The molecule has 26 heavy (non-hydrogen) atoms. The quantitative estimate of drug-likeness (QED) is 0.697. The first-order valence-corrected chi connectivity index (χ1v) is 8.91. The van der Waals surface area contributed by atoms with Crippen molar-refractivity contribution in [3.05, 3.63) is 47.5 Å². The second kappa shape index (κ2) is 6.37. The number of hydrogen-bond acceptors (Lipinski definition) is 6. The molecule has 0 unspecified atom stereocenters. The summed E-state index contributed by atoms with van der Waals surface area (Å²) >= 11 is 0. The molecule has 0 fully saturated rings. The van der Waals surface area contributed by atoms with Gasteiger partial charge in [-0.1, -0.05) is 0 Å². The minimum absolute atomic E-state index is 0.0778. The number of ether oxygens (including phenoxy) is 1. The largest absolute Gasteiger partial charge is 0.465 e. The SMILES string of the molecule is COC(=O)c1ccc(F)c(S(=O)(=O)Nc2cnc3c(c2)c(C)nn3C)c1. The third-order valence-electron chi connectivity index (χ3n) is 3.76. The third-order valence-corrected chi connectivity index (χ3v) is 5.15. The molecule has 0 atom stereocenters. The van der Waals surface area contributed by atoms with Crippen molar-refractivity contribution in [2.24, 2.45) is 7.05 Å². The van der Waals surface area contributed by atoms with E-state index < -0.39 is 26.7 Å². The van der Waals surface area contributed by atoms with E-state index in [-0.39, 0.29) is 11.3 Å². The average Bonchev–Trinajstić information content (AvgIpc) is 2.88. The van der Waals surface area contributed by atoms with Crippen LogP contribution in [0.3, 0.4) is 0 Å². The highest BCUT2D eigenvalue weighted by Gasteiger charge is 2.22. The van der Waals surface area contributed by atoms with Crippen LogP contribution in [0.2, 0.25) is 0 Å². The molecule has 10 heteroatoms. The van der Waals surface area contributed by atoms with Crippen LogP contribution in [-0.4, -0.2) is 36.3 Å². The maximum atomic E-state index is 14.1. The van der Waals surface area contributed by atoms with Gasteiger partial charge in [0.25, 0.3) is 10.0 Å². The van der Waals surface area contributed by atoms with Crippen molar-refractivity contribution in [2.75, 3.05) is 11.8 Å². The van der Waals surface area contributed by atoms with Crippen molar-refractivity contribution in [2.45, 2.75) is 11.8 Å². The first kappa shape index (κ1) is 17.8. The number of nitrogens with one attached hydrogen (secondary N) is 1. The van der Waals surface area contributed by atoms with Crippen molar-refractivity contribution in [1.82, 2.24) is 14.8 Å². The van der Waals surface area contributed by atoms with Crippen LogP contribution in [-0.2, 0) is 21.8 Å². The number of carbonyl (C=O) groups is 1. The van der Waals surface area contributed by atoms with Crippen LogP contribution >= 0.6 is 0 Å². The number of aromatic nitrogens is 3. The van der Waals surface area contributed by atoms with Gasteiger partial charge in [0.15, 0.2) is 5.65 Å². The van der Waals surface area contributed by atoms with Gasteiger partial charge in [0.05, 0.1) is 30.3 Å². The maximum absolute atomic E-state index is 14.1. The Bertz CT molecular complexity index is 1120. The summed E-state index contributed by atoms with van der Waals surface area (Å²) in [6.45, 7) is 1.77. The van der Waals surface area contributed by atoms with Gasteiger partial charge < -0.3 is 4.74 Å². The Labute approximate surface area is 148 Å². The fourth-order valence-corrected chi connectivity index (χ4v) is 3.67. The van der Waals surface area contributed by atoms with Crippen molar-refractivity contribution in [3.8, 4) is 0 Å². The van der Waals surface area contributed by atoms with Crippen LogP contribution in [0, 0.1) is 12.7 Å². The lowest BCUT2D eigenvalue weighted by atomic mass is 10.2. The highest BCUT2D eigenvalue weighted by molar-refractivity contribution is 7.92. The molecule has 136 valence electrons. The molecule has 2 heterocycles. The fraction of sp³-hybridized carbons (Fsp3) is 0.188. The van der Waals surface area contributed by atoms with Crippen LogP contribution in [0.5, 0.6) is 0 Å². The van der Waals surface area contributed by atoms with Crippen LogP contribution in [0.1, 0.15) is 16.1 Å². The molecular weight excluding hydrogens is 363 g/mol. The number of halogens is 1. The molecule has 0 bridgehead atoms. The van der Waals surface area contributed by atoms with Crippen molar-refractivity contribution in [3.63, 3.8) is 0 Å². The van der Waals surface area contributed by atoms with E-state index in [1.165, 1.54) is 6.20 Å². The van der Waals surface area contributed by atoms with Crippen LogP contribution in [0.4, 0.5) is 10.1 Å². The van der Waals surface area contributed by atoms with E-state index in [0.717, 1.165) is 25.3 Å². The number of carbonyl (C=O) groups excluding carboxylic acids is 1. The van der Waals surface area contributed by atoms with E-state index in [2.05, 4.69) is 19.5 Å². The van der Waals surface area contributed by atoms with E-state index in [1.807, 2.05) is 0 Å². The molecule has 0 aliphatic rings. The Balaban J connectivity index is 2.01. The lowest BCUT2D eigenvalue weighted by molar-refractivity contribution is 0.0600. The molecule has 0 amide bonds. The number of pyridine rings is 1. The molecular formula is C16H15FN4O4S. The number of anilines is 1. The van der Waals surface area contributed by atoms with Gasteiger partial charge >= 0.3 is 5.97 Å². The number of nitrogens with zero attached hydrogens (tertiary/aromatic N) is 3. The van der Waals surface area contributed by atoms with Gasteiger partial charge in [0.1, 0.15) is 10.7 Å².